The van der Waals surface area contributed by atoms with E-state index in [-0.39, 0.29) is 11.3 Å². The van der Waals surface area contributed by atoms with Crippen molar-refractivity contribution in [2.75, 3.05) is 0 Å². The van der Waals surface area contributed by atoms with Crippen LogP contribution < -0.4 is 0 Å². The Morgan fingerprint density at radius 2 is 1.58 bits per heavy atom. The van der Waals surface area contributed by atoms with E-state index >= 15 is 0 Å². The van der Waals surface area contributed by atoms with Gasteiger partial charge in [-0.3, -0.25) is 4.57 Å². The van der Waals surface area contributed by atoms with Crippen LogP contribution in [0.5, 0.6) is 0 Å². The second-order valence-corrected chi connectivity index (χ2v) is 8.25. The number of hydrogen-bond acceptors (Lipinski definition) is 3. The van der Waals surface area contributed by atoms with Crippen LogP contribution in [0, 0.1) is 6.92 Å². The summed E-state index contributed by atoms with van der Waals surface area (Å²) in [6.07, 6.45) is -4.41. The smallest absolute Gasteiger partial charge is 0.270 e. The molecule has 0 fully saturated rings. The van der Waals surface area contributed by atoms with Crippen molar-refractivity contribution >= 4 is 23.4 Å². The summed E-state index contributed by atoms with van der Waals surface area (Å²) in [6.45, 7) is 1.98. The molecule has 4 aromatic rings. The van der Waals surface area contributed by atoms with E-state index in [2.05, 4.69) is 10.2 Å². The fraction of sp³-hybridized carbons (Fsp3) is 0.130. The predicted octanol–water partition coefficient (Wildman–Crippen LogP) is 7.21. The molecule has 8 heteroatoms. The molecule has 0 aliphatic heterocycles. The highest BCUT2D eigenvalue weighted by atomic mass is 35.5. The quantitative estimate of drug-likeness (QED) is 0.295. The Bertz CT molecular complexity index is 1200. The zero-order valence-electron chi connectivity index (χ0n) is 16.4. The normalized spacial score (nSPS) is 11.6. The maximum Gasteiger partial charge on any atom is 0.416 e. The molecule has 0 saturated heterocycles. The summed E-state index contributed by atoms with van der Waals surface area (Å²) in [5, 5.41) is 9.59. The number of aryl methyl sites for hydroxylation is 1. The molecule has 1 aromatic heterocycles. The van der Waals surface area contributed by atoms with Crippen molar-refractivity contribution in [3.05, 3.63) is 94.5 Å². The lowest BCUT2D eigenvalue weighted by Crippen LogP contribution is -2.08. The molecular weight excluding hydrogens is 443 g/mol. The second-order valence-electron chi connectivity index (χ2n) is 6.90. The lowest BCUT2D eigenvalue weighted by atomic mass is 10.1. The molecule has 0 N–H and O–H groups in total. The third-order valence-electron chi connectivity index (χ3n) is 4.72. The van der Waals surface area contributed by atoms with E-state index in [4.69, 9.17) is 11.6 Å². The molecule has 4 rings (SSSR count). The number of halogens is 4. The first-order valence-electron chi connectivity index (χ1n) is 9.40. The fourth-order valence-corrected chi connectivity index (χ4v) is 4.35. The minimum absolute atomic E-state index is 0.0994. The summed E-state index contributed by atoms with van der Waals surface area (Å²) < 4.78 is 41.9. The Morgan fingerprint density at radius 1 is 0.903 bits per heavy atom. The van der Waals surface area contributed by atoms with Gasteiger partial charge >= 0.3 is 6.18 Å². The van der Waals surface area contributed by atoms with Gasteiger partial charge in [0, 0.05) is 17.0 Å². The van der Waals surface area contributed by atoms with Crippen LogP contribution in [0.1, 0.15) is 16.7 Å². The van der Waals surface area contributed by atoms with Crippen molar-refractivity contribution in [2.45, 2.75) is 24.0 Å². The SMILES string of the molecule is Cc1ccc(-n2c(SCc3ccccc3C(F)(F)F)nnc2-c2ccccc2Cl)cc1. The van der Waals surface area contributed by atoms with E-state index < -0.39 is 11.7 Å². The molecule has 3 nitrogen and oxygen atoms in total. The molecule has 0 unspecified atom stereocenters. The summed E-state index contributed by atoms with van der Waals surface area (Å²) in [5.74, 6) is 0.628. The van der Waals surface area contributed by atoms with Gasteiger partial charge in [-0.15, -0.1) is 10.2 Å². The minimum Gasteiger partial charge on any atom is -0.270 e. The Kier molecular flexibility index (Phi) is 6.07. The Labute approximate surface area is 186 Å². The van der Waals surface area contributed by atoms with Crippen LogP contribution in [-0.2, 0) is 11.9 Å². The molecule has 0 bridgehead atoms. The van der Waals surface area contributed by atoms with Crippen LogP contribution in [0.25, 0.3) is 17.1 Å². The van der Waals surface area contributed by atoms with Gasteiger partial charge in [-0.05, 0) is 42.8 Å². The van der Waals surface area contributed by atoms with Gasteiger partial charge in [-0.1, -0.05) is 71.4 Å². The predicted molar refractivity (Wildman–Crippen MR) is 118 cm³/mol. The third-order valence-corrected chi connectivity index (χ3v) is 6.03. The van der Waals surface area contributed by atoms with Crippen LogP contribution in [0.4, 0.5) is 13.2 Å². The van der Waals surface area contributed by atoms with Crippen molar-refractivity contribution in [2.24, 2.45) is 0 Å². The molecule has 0 aliphatic carbocycles. The van der Waals surface area contributed by atoms with Crippen molar-refractivity contribution < 1.29 is 13.2 Å². The first-order chi connectivity index (χ1) is 14.8. The van der Waals surface area contributed by atoms with Gasteiger partial charge < -0.3 is 0 Å². The summed E-state index contributed by atoms with van der Waals surface area (Å²) in [4.78, 5) is 0. The lowest BCUT2D eigenvalue weighted by Gasteiger charge is -2.14. The fourth-order valence-electron chi connectivity index (χ4n) is 3.17. The zero-order valence-corrected chi connectivity index (χ0v) is 18.0. The van der Waals surface area contributed by atoms with Gasteiger partial charge in [0.05, 0.1) is 10.6 Å². The topological polar surface area (TPSA) is 30.7 Å². The molecule has 0 amide bonds. The lowest BCUT2D eigenvalue weighted by molar-refractivity contribution is -0.138. The summed E-state index contributed by atoms with van der Waals surface area (Å²) in [6, 6.07) is 20.6. The number of nitrogens with zero attached hydrogens (tertiary/aromatic N) is 3. The van der Waals surface area contributed by atoms with E-state index in [9.17, 15) is 13.2 Å². The number of hydrogen-bond donors (Lipinski definition) is 0. The van der Waals surface area contributed by atoms with E-state index in [0.29, 0.717) is 21.6 Å². The Morgan fingerprint density at radius 3 is 2.29 bits per heavy atom. The van der Waals surface area contributed by atoms with Gasteiger partial charge in [-0.2, -0.15) is 13.2 Å². The number of thioether (sulfide) groups is 1. The zero-order chi connectivity index (χ0) is 22.0. The Hall–Kier alpha value is -2.77. The van der Waals surface area contributed by atoms with Crippen LogP contribution in [0.15, 0.2) is 78.0 Å². The van der Waals surface area contributed by atoms with Gasteiger partial charge in [0.25, 0.3) is 0 Å². The standard InChI is InChI=1S/C23H17ClF3N3S/c1-15-10-12-17(13-11-15)30-21(18-7-3-5-9-20(18)24)28-29-22(30)31-14-16-6-2-4-8-19(16)23(25,26)27/h2-13H,14H2,1H3. The van der Waals surface area contributed by atoms with E-state index in [1.54, 1.807) is 12.1 Å². The summed E-state index contributed by atoms with van der Waals surface area (Å²) >= 11 is 7.58. The number of alkyl halides is 3. The van der Waals surface area contributed by atoms with Gasteiger partial charge in [0.1, 0.15) is 0 Å². The van der Waals surface area contributed by atoms with E-state index in [0.717, 1.165) is 17.3 Å². The highest BCUT2D eigenvalue weighted by molar-refractivity contribution is 7.98. The van der Waals surface area contributed by atoms with Crippen LogP contribution in [0.3, 0.4) is 0 Å². The highest BCUT2D eigenvalue weighted by Crippen LogP contribution is 2.36. The molecule has 31 heavy (non-hydrogen) atoms. The second kappa shape index (κ2) is 8.77. The van der Waals surface area contributed by atoms with Gasteiger partial charge in [0.15, 0.2) is 11.0 Å². The molecule has 0 saturated carbocycles. The molecule has 0 spiro atoms. The average molecular weight is 460 g/mol. The van der Waals surface area contributed by atoms with Crippen LogP contribution in [-0.4, -0.2) is 14.8 Å². The van der Waals surface area contributed by atoms with E-state index in [1.165, 1.54) is 23.9 Å². The van der Waals surface area contributed by atoms with Crippen molar-refractivity contribution in [3.8, 4) is 17.1 Å². The maximum absolute atomic E-state index is 13.4. The average Bonchev–Trinajstić information content (AvgIpc) is 3.16. The van der Waals surface area contributed by atoms with Crippen molar-refractivity contribution in [1.82, 2.24) is 14.8 Å². The van der Waals surface area contributed by atoms with Crippen molar-refractivity contribution in [1.29, 1.82) is 0 Å². The van der Waals surface area contributed by atoms with Gasteiger partial charge in [0.2, 0.25) is 0 Å². The third kappa shape index (κ3) is 4.62. The molecule has 0 aliphatic rings. The largest absolute Gasteiger partial charge is 0.416 e. The van der Waals surface area contributed by atoms with Crippen molar-refractivity contribution in [3.63, 3.8) is 0 Å². The first-order valence-corrected chi connectivity index (χ1v) is 10.8. The molecule has 1 heterocycles. The maximum atomic E-state index is 13.4. The van der Waals surface area contributed by atoms with Crippen LogP contribution in [0.2, 0.25) is 5.02 Å². The van der Waals surface area contributed by atoms with E-state index in [1.807, 2.05) is 54.0 Å². The minimum atomic E-state index is -4.41. The monoisotopic (exact) mass is 459 g/mol. The van der Waals surface area contributed by atoms with Crippen LogP contribution >= 0.6 is 23.4 Å². The number of aromatic nitrogens is 3. The molecule has 3 aromatic carbocycles. The Balaban J connectivity index is 1.76. The number of benzene rings is 3. The molecule has 158 valence electrons. The molecular formula is C23H17ClF3N3S. The summed E-state index contributed by atoms with van der Waals surface area (Å²) in [7, 11) is 0. The highest BCUT2D eigenvalue weighted by Gasteiger charge is 2.33. The molecule has 0 atom stereocenters. The summed E-state index contributed by atoms with van der Waals surface area (Å²) in [5.41, 5.74) is 2.13. The van der Waals surface area contributed by atoms with Gasteiger partial charge in [-0.25, -0.2) is 0 Å². The molecule has 0 radical (unpaired) electrons. The number of rotatable bonds is 5. The first kappa shape index (κ1) is 21.5.